The van der Waals surface area contributed by atoms with Gasteiger partial charge >= 0.3 is 0 Å². The van der Waals surface area contributed by atoms with Crippen LogP contribution in [0.1, 0.15) is 38.2 Å². The first kappa shape index (κ1) is 21.8. The van der Waals surface area contributed by atoms with Gasteiger partial charge in [0.15, 0.2) is 5.96 Å². The Kier molecular flexibility index (Phi) is 8.55. The SMILES string of the molecule is CN=C(NCCCN1CCCCC1C)NCc1ccnc(N2CCN(C)CC2)c1. The Morgan fingerprint density at radius 2 is 2.00 bits per heavy atom. The fraction of sp³-hybridized carbons (Fsp3) is 0.727. The van der Waals surface area contributed by atoms with Crippen molar-refractivity contribution in [3.8, 4) is 0 Å². The van der Waals surface area contributed by atoms with E-state index in [1.165, 1.54) is 37.9 Å². The molecule has 2 aliphatic heterocycles. The Morgan fingerprint density at radius 1 is 1.17 bits per heavy atom. The number of nitrogens with zero attached hydrogens (tertiary/aromatic N) is 5. The van der Waals surface area contributed by atoms with Gasteiger partial charge in [-0.2, -0.15) is 0 Å². The van der Waals surface area contributed by atoms with Gasteiger partial charge in [0.1, 0.15) is 5.82 Å². The van der Waals surface area contributed by atoms with E-state index in [4.69, 9.17) is 0 Å². The second-order valence-corrected chi connectivity index (χ2v) is 8.40. The van der Waals surface area contributed by atoms with Crippen LogP contribution in [0.25, 0.3) is 0 Å². The van der Waals surface area contributed by atoms with Crippen LogP contribution in [0.5, 0.6) is 0 Å². The van der Waals surface area contributed by atoms with Crippen LogP contribution in [0.4, 0.5) is 5.82 Å². The quantitative estimate of drug-likeness (QED) is 0.413. The zero-order chi connectivity index (χ0) is 20.5. The largest absolute Gasteiger partial charge is 0.356 e. The summed E-state index contributed by atoms with van der Waals surface area (Å²) in [5, 5.41) is 6.90. The van der Waals surface area contributed by atoms with Crippen LogP contribution in [0.15, 0.2) is 23.3 Å². The normalized spacial score (nSPS) is 22.0. The summed E-state index contributed by atoms with van der Waals surface area (Å²) in [7, 11) is 4.01. The number of anilines is 1. The lowest BCUT2D eigenvalue weighted by Crippen LogP contribution is -2.44. The molecule has 0 amide bonds. The molecule has 2 fully saturated rings. The maximum absolute atomic E-state index is 4.58. The molecule has 1 aromatic heterocycles. The van der Waals surface area contributed by atoms with Gasteiger partial charge < -0.3 is 25.3 Å². The van der Waals surface area contributed by atoms with Gasteiger partial charge in [-0.25, -0.2) is 4.98 Å². The molecule has 0 aromatic carbocycles. The number of guanidine groups is 1. The monoisotopic (exact) mass is 401 g/mol. The van der Waals surface area contributed by atoms with Crippen LogP contribution in [0.3, 0.4) is 0 Å². The average Bonchev–Trinajstić information content (AvgIpc) is 2.75. The maximum atomic E-state index is 4.58. The second-order valence-electron chi connectivity index (χ2n) is 8.40. The Hall–Kier alpha value is -1.86. The molecule has 3 rings (SSSR count). The van der Waals surface area contributed by atoms with E-state index in [1.54, 1.807) is 0 Å². The van der Waals surface area contributed by atoms with Gasteiger partial charge in [0, 0.05) is 65.1 Å². The van der Waals surface area contributed by atoms with Gasteiger partial charge in [0.05, 0.1) is 0 Å². The molecule has 0 saturated carbocycles. The molecule has 0 radical (unpaired) electrons. The number of likely N-dealkylation sites (tertiary alicyclic amines) is 1. The lowest BCUT2D eigenvalue weighted by atomic mass is 10.0. The van der Waals surface area contributed by atoms with Crippen LogP contribution in [-0.2, 0) is 6.54 Å². The summed E-state index contributed by atoms with van der Waals surface area (Å²) in [4.78, 5) is 16.3. The van der Waals surface area contributed by atoms with Crippen molar-refractivity contribution in [2.75, 3.05) is 64.8 Å². The molecule has 162 valence electrons. The second kappa shape index (κ2) is 11.4. The number of likely N-dealkylation sites (N-methyl/N-ethyl adjacent to an activating group) is 1. The highest BCUT2D eigenvalue weighted by atomic mass is 15.3. The van der Waals surface area contributed by atoms with Gasteiger partial charge in [-0.15, -0.1) is 0 Å². The van der Waals surface area contributed by atoms with E-state index >= 15 is 0 Å². The van der Waals surface area contributed by atoms with E-state index in [9.17, 15) is 0 Å². The highest BCUT2D eigenvalue weighted by molar-refractivity contribution is 5.79. The van der Waals surface area contributed by atoms with Crippen molar-refractivity contribution in [2.24, 2.45) is 4.99 Å². The number of piperazine rings is 1. The molecule has 2 N–H and O–H groups in total. The first-order valence-electron chi connectivity index (χ1n) is 11.2. The van der Waals surface area contributed by atoms with Crippen LogP contribution in [-0.4, -0.2) is 86.7 Å². The van der Waals surface area contributed by atoms with Crippen molar-refractivity contribution in [3.63, 3.8) is 0 Å². The summed E-state index contributed by atoms with van der Waals surface area (Å²) in [6.07, 6.45) is 7.15. The van der Waals surface area contributed by atoms with Crippen LogP contribution < -0.4 is 15.5 Å². The summed E-state index contributed by atoms with van der Waals surface area (Å²) in [6, 6.07) is 5.02. The Balaban J connectivity index is 1.39. The third kappa shape index (κ3) is 6.85. The molecule has 1 unspecified atom stereocenters. The molecule has 1 aromatic rings. The van der Waals surface area contributed by atoms with Crippen molar-refractivity contribution < 1.29 is 0 Å². The van der Waals surface area contributed by atoms with Gasteiger partial charge in [-0.1, -0.05) is 6.42 Å². The Labute approximate surface area is 176 Å². The van der Waals surface area contributed by atoms with E-state index in [-0.39, 0.29) is 0 Å². The van der Waals surface area contributed by atoms with Crippen LogP contribution >= 0.6 is 0 Å². The van der Waals surface area contributed by atoms with Gasteiger partial charge in [0.2, 0.25) is 0 Å². The number of nitrogens with one attached hydrogen (secondary N) is 2. The molecule has 0 bridgehead atoms. The summed E-state index contributed by atoms with van der Waals surface area (Å²) >= 11 is 0. The number of aromatic nitrogens is 1. The minimum Gasteiger partial charge on any atom is -0.356 e. The summed E-state index contributed by atoms with van der Waals surface area (Å²) in [5.74, 6) is 1.95. The van der Waals surface area contributed by atoms with Crippen molar-refractivity contribution in [2.45, 2.75) is 45.2 Å². The standard InChI is InChI=1S/C22H39N7/c1-19-7-4-5-11-28(19)12-6-9-25-22(23-2)26-18-20-8-10-24-21(17-20)29-15-13-27(3)14-16-29/h8,10,17,19H,4-7,9,11-16,18H2,1-3H3,(H2,23,25,26). The van der Waals surface area contributed by atoms with Crippen molar-refractivity contribution >= 4 is 11.8 Å². The molecule has 0 aliphatic carbocycles. The Bertz CT molecular complexity index is 640. The van der Waals surface area contributed by atoms with E-state index in [0.29, 0.717) is 0 Å². The molecule has 2 aliphatic rings. The lowest BCUT2D eigenvalue weighted by molar-refractivity contribution is 0.159. The van der Waals surface area contributed by atoms with Gasteiger partial charge in [-0.3, -0.25) is 4.99 Å². The van der Waals surface area contributed by atoms with E-state index in [0.717, 1.165) is 63.5 Å². The number of pyridine rings is 1. The number of hydrogen-bond acceptors (Lipinski definition) is 5. The van der Waals surface area contributed by atoms with Crippen LogP contribution in [0, 0.1) is 0 Å². The van der Waals surface area contributed by atoms with Crippen molar-refractivity contribution in [1.82, 2.24) is 25.4 Å². The number of piperidine rings is 1. The first-order valence-corrected chi connectivity index (χ1v) is 11.2. The zero-order valence-electron chi connectivity index (χ0n) is 18.5. The summed E-state index contributed by atoms with van der Waals surface area (Å²) < 4.78 is 0. The Morgan fingerprint density at radius 3 is 2.76 bits per heavy atom. The molecule has 7 nitrogen and oxygen atoms in total. The molecule has 1 atom stereocenters. The molecular formula is C22H39N7. The summed E-state index contributed by atoms with van der Waals surface area (Å²) in [5.41, 5.74) is 1.24. The fourth-order valence-electron chi connectivity index (χ4n) is 4.16. The fourth-order valence-corrected chi connectivity index (χ4v) is 4.16. The minimum atomic E-state index is 0.738. The summed E-state index contributed by atoms with van der Waals surface area (Å²) in [6.45, 7) is 10.8. The molecule has 29 heavy (non-hydrogen) atoms. The predicted molar refractivity (Wildman–Crippen MR) is 122 cm³/mol. The predicted octanol–water partition coefficient (Wildman–Crippen LogP) is 1.76. The average molecular weight is 402 g/mol. The first-order chi connectivity index (χ1) is 14.2. The maximum Gasteiger partial charge on any atom is 0.191 e. The molecular weight excluding hydrogens is 362 g/mol. The van der Waals surface area contributed by atoms with E-state index in [1.807, 2.05) is 13.2 Å². The van der Waals surface area contributed by atoms with E-state index in [2.05, 4.69) is 61.4 Å². The minimum absolute atomic E-state index is 0.738. The lowest BCUT2D eigenvalue weighted by Gasteiger charge is -2.33. The van der Waals surface area contributed by atoms with E-state index < -0.39 is 0 Å². The smallest absolute Gasteiger partial charge is 0.191 e. The molecule has 3 heterocycles. The highest BCUT2D eigenvalue weighted by Crippen LogP contribution is 2.16. The topological polar surface area (TPSA) is 59.0 Å². The zero-order valence-corrected chi connectivity index (χ0v) is 18.5. The van der Waals surface area contributed by atoms with Gasteiger partial charge in [-0.05, 0) is 57.5 Å². The molecule has 2 saturated heterocycles. The molecule has 0 spiro atoms. The van der Waals surface area contributed by atoms with Crippen molar-refractivity contribution in [3.05, 3.63) is 23.9 Å². The highest BCUT2D eigenvalue weighted by Gasteiger charge is 2.17. The molecule has 7 heteroatoms. The van der Waals surface area contributed by atoms with Crippen molar-refractivity contribution in [1.29, 1.82) is 0 Å². The van der Waals surface area contributed by atoms with Crippen LogP contribution in [0.2, 0.25) is 0 Å². The number of hydrogen-bond donors (Lipinski definition) is 2. The third-order valence-corrected chi connectivity index (χ3v) is 6.18. The number of aliphatic imine (C=N–C) groups is 1. The van der Waals surface area contributed by atoms with Gasteiger partial charge in [0.25, 0.3) is 0 Å². The third-order valence-electron chi connectivity index (χ3n) is 6.18. The number of rotatable bonds is 7.